The van der Waals surface area contributed by atoms with Crippen LogP contribution in [0.25, 0.3) is 0 Å². The number of rotatable bonds is 4. The van der Waals surface area contributed by atoms with E-state index in [0.717, 1.165) is 11.3 Å². The molecule has 0 aliphatic carbocycles. The molecule has 1 aromatic carbocycles. The summed E-state index contributed by atoms with van der Waals surface area (Å²) in [5.41, 5.74) is 0.961. The summed E-state index contributed by atoms with van der Waals surface area (Å²) in [6, 6.07) is 7.64. The van der Waals surface area contributed by atoms with E-state index < -0.39 is 14.6 Å². The third-order valence-corrected chi connectivity index (χ3v) is 6.81. The molecule has 1 heterocycles. The average molecular weight is 491 g/mol. The third kappa shape index (κ3) is 5.27. The third-order valence-electron chi connectivity index (χ3n) is 4.28. The van der Waals surface area contributed by atoms with Crippen molar-refractivity contribution in [3.05, 3.63) is 29.8 Å². The number of hydrogen-bond acceptors (Lipinski definition) is 4. The van der Waals surface area contributed by atoms with E-state index in [1.165, 1.54) is 0 Å². The van der Waals surface area contributed by atoms with Crippen LogP contribution in [0, 0.1) is 12.3 Å². The molecule has 1 N–H and O–H groups in total. The van der Waals surface area contributed by atoms with Gasteiger partial charge in [0, 0.05) is 32.2 Å². The number of nitrogens with one attached hydrogen (secondary N) is 1. The van der Waals surface area contributed by atoms with Gasteiger partial charge in [-0.1, -0.05) is 24.1 Å². The summed E-state index contributed by atoms with van der Waals surface area (Å²) in [6.45, 7) is 5.07. The van der Waals surface area contributed by atoms with Crippen molar-refractivity contribution in [2.24, 2.45) is 4.99 Å². The molecule has 0 aromatic heterocycles. The second-order valence-electron chi connectivity index (χ2n) is 6.50. The Labute approximate surface area is 173 Å². The van der Waals surface area contributed by atoms with Crippen LogP contribution in [0.3, 0.4) is 0 Å². The number of hydrogen-bond donors (Lipinski definition) is 1. The number of nitrogens with zero attached hydrogens (tertiary/aromatic N) is 2. The Balaban J connectivity index is 0.00000338. The summed E-state index contributed by atoms with van der Waals surface area (Å²) >= 11 is 0. The Morgan fingerprint density at radius 1 is 1.42 bits per heavy atom. The molecule has 26 heavy (non-hydrogen) atoms. The van der Waals surface area contributed by atoms with Crippen molar-refractivity contribution in [3.63, 3.8) is 0 Å². The average Bonchev–Trinajstić information content (AvgIpc) is 2.57. The molecule has 6 nitrogen and oxygen atoms in total. The van der Waals surface area contributed by atoms with Crippen molar-refractivity contribution < 1.29 is 13.2 Å². The zero-order valence-corrected chi connectivity index (χ0v) is 18.5. The van der Waals surface area contributed by atoms with Crippen LogP contribution >= 0.6 is 24.0 Å². The Morgan fingerprint density at radius 3 is 2.73 bits per heavy atom. The van der Waals surface area contributed by atoms with E-state index in [9.17, 15) is 8.42 Å². The quantitative estimate of drug-likeness (QED) is 0.302. The molecule has 0 bridgehead atoms. The van der Waals surface area contributed by atoms with Gasteiger partial charge in [0.05, 0.1) is 10.5 Å². The van der Waals surface area contributed by atoms with Gasteiger partial charge in [0.15, 0.2) is 15.8 Å². The van der Waals surface area contributed by atoms with Crippen molar-refractivity contribution in [1.29, 1.82) is 0 Å². The number of guanidine groups is 1. The summed E-state index contributed by atoms with van der Waals surface area (Å²) < 4.78 is 29.1. The van der Waals surface area contributed by atoms with Crippen LogP contribution in [-0.2, 0) is 16.4 Å². The van der Waals surface area contributed by atoms with Crippen molar-refractivity contribution >= 4 is 39.8 Å². The largest absolute Gasteiger partial charge is 0.481 e. The Morgan fingerprint density at radius 2 is 2.12 bits per heavy atom. The van der Waals surface area contributed by atoms with Gasteiger partial charge in [0.1, 0.15) is 12.4 Å². The highest BCUT2D eigenvalue weighted by atomic mass is 127. The maximum Gasteiger partial charge on any atom is 0.193 e. The highest BCUT2D eigenvalue weighted by Crippen LogP contribution is 2.24. The summed E-state index contributed by atoms with van der Waals surface area (Å²) in [4.78, 5) is 6.27. The number of halogens is 1. The molecule has 0 saturated carbocycles. The lowest BCUT2D eigenvalue weighted by Gasteiger charge is -2.39. The Kier molecular flexibility index (Phi) is 8.21. The summed E-state index contributed by atoms with van der Waals surface area (Å²) in [7, 11) is -1.39. The van der Waals surface area contributed by atoms with E-state index in [1.54, 1.807) is 20.9 Å². The maximum atomic E-state index is 12.2. The van der Waals surface area contributed by atoms with Crippen LogP contribution in [0.1, 0.15) is 19.4 Å². The first-order valence-electron chi connectivity index (χ1n) is 8.13. The van der Waals surface area contributed by atoms with Gasteiger partial charge in [-0.05, 0) is 19.9 Å². The number of sulfone groups is 1. The van der Waals surface area contributed by atoms with Gasteiger partial charge in [-0.25, -0.2) is 8.42 Å². The van der Waals surface area contributed by atoms with Crippen LogP contribution in [-0.4, -0.2) is 56.5 Å². The molecule has 8 heteroatoms. The van der Waals surface area contributed by atoms with E-state index in [2.05, 4.69) is 16.2 Å². The standard InChI is InChI=1S/C18H25N3O3S.HI/c1-5-11-24-16-9-7-6-8-15(16)13-20-17(19-4)21-10-12-25(22,23)18(2,3)14-21;/h1,6-9H,10-14H2,2-4H3,(H,19,20);1H. The monoisotopic (exact) mass is 491 g/mol. The molecular formula is C18H26IN3O3S. The Bertz CT molecular complexity index is 785. The first kappa shape index (κ1) is 22.6. The summed E-state index contributed by atoms with van der Waals surface area (Å²) in [5, 5.41) is 3.29. The molecule has 1 fully saturated rings. The Hall–Kier alpha value is -1.47. The molecule has 144 valence electrons. The van der Waals surface area contributed by atoms with Gasteiger partial charge in [-0.15, -0.1) is 30.4 Å². The van der Waals surface area contributed by atoms with Crippen molar-refractivity contribution in [1.82, 2.24) is 10.2 Å². The molecule has 2 rings (SSSR count). The van der Waals surface area contributed by atoms with Gasteiger partial charge in [-0.2, -0.15) is 0 Å². The number of terminal acetylenes is 1. The lowest BCUT2D eigenvalue weighted by Crippen LogP contribution is -2.57. The number of para-hydroxylation sites is 1. The van der Waals surface area contributed by atoms with E-state index >= 15 is 0 Å². The smallest absolute Gasteiger partial charge is 0.193 e. The predicted molar refractivity (Wildman–Crippen MR) is 116 cm³/mol. The molecular weight excluding hydrogens is 465 g/mol. The molecule has 1 aromatic rings. The molecule has 1 aliphatic rings. The summed E-state index contributed by atoms with van der Waals surface area (Å²) in [5.74, 6) is 3.99. The molecule has 0 spiro atoms. The van der Waals surface area contributed by atoms with E-state index in [0.29, 0.717) is 25.6 Å². The number of ether oxygens (including phenoxy) is 1. The van der Waals surface area contributed by atoms with Crippen molar-refractivity contribution in [2.45, 2.75) is 25.1 Å². The minimum absolute atomic E-state index is 0. The molecule has 1 aliphatic heterocycles. The van der Waals surface area contributed by atoms with Crippen LogP contribution < -0.4 is 10.1 Å². The SMILES string of the molecule is C#CCOc1ccccc1CNC(=NC)N1CCS(=O)(=O)C(C)(C)C1.I. The molecule has 1 saturated heterocycles. The second kappa shape index (κ2) is 9.46. The fourth-order valence-corrected chi connectivity index (χ4v) is 4.11. The van der Waals surface area contributed by atoms with Crippen LogP contribution in [0.4, 0.5) is 0 Å². The minimum Gasteiger partial charge on any atom is -0.481 e. The van der Waals surface area contributed by atoms with Crippen LogP contribution in [0.5, 0.6) is 5.75 Å². The molecule has 0 atom stereocenters. The summed E-state index contributed by atoms with van der Waals surface area (Å²) in [6.07, 6.45) is 5.25. The first-order chi connectivity index (χ1) is 11.8. The fourth-order valence-electron chi connectivity index (χ4n) is 2.74. The molecule has 0 radical (unpaired) electrons. The van der Waals surface area contributed by atoms with E-state index in [-0.39, 0.29) is 36.3 Å². The lowest BCUT2D eigenvalue weighted by atomic mass is 10.2. The topological polar surface area (TPSA) is 71.0 Å². The second-order valence-corrected chi connectivity index (χ2v) is 9.24. The highest BCUT2D eigenvalue weighted by Gasteiger charge is 2.40. The van der Waals surface area contributed by atoms with Crippen molar-refractivity contribution in [2.75, 3.05) is 32.5 Å². The zero-order valence-electron chi connectivity index (χ0n) is 15.4. The van der Waals surface area contributed by atoms with Gasteiger partial charge in [-0.3, -0.25) is 4.99 Å². The molecule has 0 unspecified atom stereocenters. The highest BCUT2D eigenvalue weighted by molar-refractivity contribution is 14.0. The van der Waals surface area contributed by atoms with E-state index in [4.69, 9.17) is 11.2 Å². The van der Waals surface area contributed by atoms with Gasteiger partial charge in [0.2, 0.25) is 0 Å². The zero-order chi connectivity index (χ0) is 18.5. The number of aliphatic imine (C=N–C) groups is 1. The first-order valence-corrected chi connectivity index (χ1v) is 9.78. The number of benzene rings is 1. The van der Waals surface area contributed by atoms with E-state index in [1.807, 2.05) is 29.2 Å². The molecule has 0 amide bonds. The normalized spacial score (nSPS) is 18.4. The lowest BCUT2D eigenvalue weighted by molar-refractivity contribution is 0.351. The minimum atomic E-state index is -3.08. The van der Waals surface area contributed by atoms with Gasteiger partial charge >= 0.3 is 0 Å². The van der Waals surface area contributed by atoms with Crippen LogP contribution in [0.2, 0.25) is 0 Å². The maximum absolute atomic E-state index is 12.2. The van der Waals surface area contributed by atoms with Gasteiger partial charge < -0.3 is 15.0 Å². The van der Waals surface area contributed by atoms with Crippen molar-refractivity contribution in [3.8, 4) is 18.1 Å². The van der Waals surface area contributed by atoms with Crippen LogP contribution in [0.15, 0.2) is 29.3 Å². The predicted octanol–water partition coefficient (Wildman–Crippen LogP) is 1.90. The fraction of sp³-hybridized carbons (Fsp3) is 0.500. The van der Waals surface area contributed by atoms with Gasteiger partial charge in [0.25, 0.3) is 0 Å².